The minimum absolute atomic E-state index is 0.0625. The highest BCUT2D eigenvalue weighted by Gasteiger charge is 2.11. The van der Waals surface area contributed by atoms with Gasteiger partial charge in [-0.15, -0.1) is 5.10 Å². The van der Waals surface area contributed by atoms with Crippen LogP contribution in [0, 0.1) is 12.7 Å². The Hall–Kier alpha value is -2.31. The van der Waals surface area contributed by atoms with Crippen molar-refractivity contribution in [3.63, 3.8) is 0 Å². The lowest BCUT2D eigenvalue weighted by Crippen LogP contribution is -2.12. The molecule has 0 bridgehead atoms. The van der Waals surface area contributed by atoms with Crippen LogP contribution in [0.15, 0.2) is 18.2 Å². The quantitative estimate of drug-likeness (QED) is 0.757. The monoisotopic (exact) mass is 319 g/mol. The molecular formula is C16H22FN5O. The predicted octanol–water partition coefficient (Wildman–Crippen LogP) is 3.41. The number of hydrogen-bond acceptors (Lipinski definition) is 4. The lowest BCUT2D eigenvalue weighted by molar-refractivity contribution is -0.116. The Bertz CT molecular complexity index is 656. The number of anilines is 1. The molecule has 0 radical (unpaired) electrons. The molecule has 0 fully saturated rings. The van der Waals surface area contributed by atoms with Crippen molar-refractivity contribution in [1.29, 1.82) is 0 Å². The molecule has 1 amide bonds. The summed E-state index contributed by atoms with van der Waals surface area (Å²) in [7, 11) is 0. The molecule has 1 aromatic carbocycles. The van der Waals surface area contributed by atoms with E-state index in [1.54, 1.807) is 6.92 Å². The van der Waals surface area contributed by atoms with Gasteiger partial charge in [0, 0.05) is 12.1 Å². The second kappa shape index (κ2) is 8.36. The molecule has 7 heteroatoms. The molecular weight excluding hydrogens is 297 g/mol. The molecule has 0 unspecified atom stereocenters. The number of aryl methyl sites for hydroxylation is 1. The summed E-state index contributed by atoms with van der Waals surface area (Å²) in [4.78, 5) is 11.9. The molecule has 1 aromatic heterocycles. The maximum atomic E-state index is 13.9. The maximum Gasteiger partial charge on any atom is 0.224 e. The zero-order valence-corrected chi connectivity index (χ0v) is 13.5. The van der Waals surface area contributed by atoms with Gasteiger partial charge >= 0.3 is 0 Å². The predicted molar refractivity (Wildman–Crippen MR) is 85.9 cm³/mol. The van der Waals surface area contributed by atoms with Gasteiger partial charge in [-0.25, -0.2) is 4.39 Å². The summed E-state index contributed by atoms with van der Waals surface area (Å²) in [5.74, 6) is -0.0336. The second-order valence-corrected chi connectivity index (χ2v) is 5.52. The van der Waals surface area contributed by atoms with Crippen molar-refractivity contribution in [2.75, 3.05) is 5.32 Å². The number of carbonyl (C=O) groups excluding carboxylic acids is 1. The number of tetrazole rings is 1. The SMILES string of the molecule is CCCCCCCC(=O)Nc1ccc(F)c(-n2nnnc2C)c1. The molecule has 0 aliphatic heterocycles. The largest absolute Gasteiger partial charge is 0.326 e. The molecule has 23 heavy (non-hydrogen) atoms. The van der Waals surface area contributed by atoms with Gasteiger partial charge in [-0.3, -0.25) is 4.79 Å². The van der Waals surface area contributed by atoms with Crippen LogP contribution in [0.3, 0.4) is 0 Å². The first-order valence-electron chi connectivity index (χ1n) is 7.96. The number of hydrogen-bond donors (Lipinski definition) is 1. The Morgan fingerprint density at radius 1 is 1.26 bits per heavy atom. The van der Waals surface area contributed by atoms with Gasteiger partial charge in [0.05, 0.1) is 0 Å². The molecule has 124 valence electrons. The highest BCUT2D eigenvalue weighted by atomic mass is 19.1. The van der Waals surface area contributed by atoms with Gasteiger partial charge in [0.15, 0.2) is 5.82 Å². The van der Waals surface area contributed by atoms with Crippen LogP contribution in [0.1, 0.15) is 51.3 Å². The van der Waals surface area contributed by atoms with Crippen LogP contribution >= 0.6 is 0 Å². The van der Waals surface area contributed by atoms with Crippen molar-refractivity contribution < 1.29 is 9.18 Å². The molecule has 0 aliphatic carbocycles. The van der Waals surface area contributed by atoms with Crippen LogP contribution in [0.4, 0.5) is 10.1 Å². The van der Waals surface area contributed by atoms with E-state index in [-0.39, 0.29) is 11.6 Å². The lowest BCUT2D eigenvalue weighted by Gasteiger charge is -2.09. The number of carbonyl (C=O) groups is 1. The van der Waals surface area contributed by atoms with E-state index >= 15 is 0 Å². The first-order chi connectivity index (χ1) is 11.1. The average molecular weight is 319 g/mol. The summed E-state index contributed by atoms with van der Waals surface area (Å²) in [6.07, 6.45) is 5.93. The number of halogens is 1. The van der Waals surface area contributed by atoms with Crippen molar-refractivity contribution in [3.05, 3.63) is 29.8 Å². The fourth-order valence-corrected chi connectivity index (χ4v) is 2.32. The Balaban J connectivity index is 1.96. The fourth-order valence-electron chi connectivity index (χ4n) is 2.32. The standard InChI is InChI=1S/C16H22FN5O/c1-3-4-5-6-7-8-16(23)18-13-9-10-14(17)15(11-13)22-12(2)19-20-21-22/h9-11H,3-8H2,1-2H3,(H,18,23). The van der Waals surface area contributed by atoms with Gasteiger partial charge < -0.3 is 5.32 Å². The van der Waals surface area contributed by atoms with E-state index in [1.165, 1.54) is 35.7 Å². The topological polar surface area (TPSA) is 72.7 Å². The first-order valence-corrected chi connectivity index (χ1v) is 7.96. The average Bonchev–Trinajstić information content (AvgIpc) is 2.95. The first kappa shape index (κ1) is 17.1. The summed E-state index contributed by atoms with van der Waals surface area (Å²) in [5.41, 5.74) is 0.753. The van der Waals surface area contributed by atoms with Crippen LogP contribution in [0.2, 0.25) is 0 Å². The lowest BCUT2D eigenvalue weighted by atomic mass is 10.1. The van der Waals surface area contributed by atoms with Gasteiger partial charge in [0.25, 0.3) is 0 Å². The Morgan fingerprint density at radius 3 is 2.74 bits per heavy atom. The van der Waals surface area contributed by atoms with Gasteiger partial charge in [-0.2, -0.15) is 4.68 Å². The minimum Gasteiger partial charge on any atom is -0.326 e. The van der Waals surface area contributed by atoms with Crippen molar-refractivity contribution in [3.8, 4) is 5.69 Å². The highest BCUT2D eigenvalue weighted by Crippen LogP contribution is 2.19. The Morgan fingerprint density at radius 2 is 2.04 bits per heavy atom. The zero-order chi connectivity index (χ0) is 16.7. The molecule has 0 aliphatic rings. The molecule has 0 saturated carbocycles. The molecule has 2 aromatic rings. The van der Waals surface area contributed by atoms with E-state index in [0.29, 0.717) is 17.9 Å². The molecule has 1 heterocycles. The molecule has 0 atom stereocenters. The van der Waals surface area contributed by atoms with Crippen molar-refractivity contribution in [1.82, 2.24) is 20.2 Å². The number of amides is 1. The summed E-state index contributed by atoms with van der Waals surface area (Å²) in [6, 6.07) is 4.37. The third kappa shape index (κ3) is 4.84. The van der Waals surface area contributed by atoms with Crippen LogP contribution < -0.4 is 5.32 Å². The van der Waals surface area contributed by atoms with E-state index in [4.69, 9.17) is 0 Å². The van der Waals surface area contributed by atoms with Crippen molar-refractivity contribution in [2.45, 2.75) is 52.4 Å². The maximum absolute atomic E-state index is 13.9. The molecule has 0 spiro atoms. The third-order valence-electron chi connectivity index (χ3n) is 3.59. The van der Waals surface area contributed by atoms with Crippen LogP contribution in [-0.2, 0) is 4.79 Å². The number of nitrogens with zero attached hydrogens (tertiary/aromatic N) is 4. The molecule has 1 N–H and O–H groups in total. The normalized spacial score (nSPS) is 10.7. The van der Waals surface area contributed by atoms with E-state index in [2.05, 4.69) is 27.8 Å². The number of unbranched alkanes of at least 4 members (excludes halogenated alkanes) is 4. The van der Waals surface area contributed by atoms with E-state index in [9.17, 15) is 9.18 Å². The third-order valence-corrected chi connectivity index (χ3v) is 3.59. The second-order valence-electron chi connectivity index (χ2n) is 5.52. The van der Waals surface area contributed by atoms with Crippen molar-refractivity contribution >= 4 is 11.6 Å². The van der Waals surface area contributed by atoms with Crippen LogP contribution in [0.25, 0.3) is 5.69 Å². The van der Waals surface area contributed by atoms with E-state index in [0.717, 1.165) is 19.3 Å². The summed E-state index contributed by atoms with van der Waals surface area (Å²) >= 11 is 0. The van der Waals surface area contributed by atoms with Crippen molar-refractivity contribution in [2.24, 2.45) is 0 Å². The van der Waals surface area contributed by atoms with E-state index in [1.807, 2.05) is 0 Å². The Kier molecular flexibility index (Phi) is 6.19. The number of nitrogens with one attached hydrogen (secondary N) is 1. The summed E-state index contributed by atoms with van der Waals surface area (Å²) in [6.45, 7) is 3.84. The summed E-state index contributed by atoms with van der Waals surface area (Å²) < 4.78 is 15.2. The zero-order valence-electron chi connectivity index (χ0n) is 13.5. The molecule has 0 saturated heterocycles. The van der Waals surface area contributed by atoms with Crippen LogP contribution in [-0.4, -0.2) is 26.1 Å². The number of rotatable bonds is 8. The number of benzene rings is 1. The highest BCUT2D eigenvalue weighted by molar-refractivity contribution is 5.90. The molecule has 6 nitrogen and oxygen atoms in total. The van der Waals surface area contributed by atoms with Gasteiger partial charge in [0.2, 0.25) is 5.91 Å². The Labute approximate surface area is 135 Å². The smallest absolute Gasteiger partial charge is 0.224 e. The van der Waals surface area contributed by atoms with Crippen LogP contribution in [0.5, 0.6) is 0 Å². The van der Waals surface area contributed by atoms with Gasteiger partial charge in [-0.05, 0) is 42.0 Å². The van der Waals surface area contributed by atoms with Gasteiger partial charge in [0.1, 0.15) is 11.5 Å². The number of aromatic nitrogens is 4. The summed E-state index contributed by atoms with van der Waals surface area (Å²) in [5, 5.41) is 13.8. The van der Waals surface area contributed by atoms with E-state index < -0.39 is 5.82 Å². The van der Waals surface area contributed by atoms with Gasteiger partial charge in [-0.1, -0.05) is 32.6 Å². The fraction of sp³-hybridized carbons (Fsp3) is 0.500. The minimum atomic E-state index is -0.446. The molecule has 2 rings (SSSR count).